The summed E-state index contributed by atoms with van der Waals surface area (Å²) < 4.78 is 16.8. The van der Waals surface area contributed by atoms with Crippen LogP contribution >= 0.6 is 0 Å². The molecule has 0 atom stereocenters. The number of nitrogens with zero attached hydrogens (tertiary/aromatic N) is 3. The van der Waals surface area contributed by atoms with Crippen LogP contribution in [0.3, 0.4) is 0 Å². The van der Waals surface area contributed by atoms with Gasteiger partial charge in [0, 0.05) is 31.7 Å². The molecule has 0 spiro atoms. The van der Waals surface area contributed by atoms with Crippen molar-refractivity contribution in [2.24, 2.45) is 0 Å². The van der Waals surface area contributed by atoms with Crippen molar-refractivity contribution >= 4 is 10.8 Å². The molecule has 0 amide bonds. The van der Waals surface area contributed by atoms with Crippen LogP contribution in [0.5, 0.6) is 0 Å². The minimum absolute atomic E-state index is 0.151. The van der Waals surface area contributed by atoms with Gasteiger partial charge in [0.15, 0.2) is 0 Å². The van der Waals surface area contributed by atoms with Gasteiger partial charge in [-0.05, 0) is 46.9 Å². The van der Waals surface area contributed by atoms with Gasteiger partial charge in [-0.2, -0.15) is 0 Å². The minimum Gasteiger partial charge on any atom is -0.327 e. The van der Waals surface area contributed by atoms with E-state index in [9.17, 15) is 4.39 Å². The highest BCUT2D eigenvalue weighted by molar-refractivity contribution is 5.85. The number of rotatable bonds is 10. The van der Waals surface area contributed by atoms with Crippen LogP contribution in [0.25, 0.3) is 22.2 Å². The lowest BCUT2D eigenvalue weighted by Crippen LogP contribution is -2.24. The van der Waals surface area contributed by atoms with Gasteiger partial charge in [0.05, 0.1) is 11.9 Å². The maximum atomic E-state index is 14.5. The molecule has 0 fully saturated rings. The molecular formula is C33H34FN3. The number of imidazole rings is 1. The van der Waals surface area contributed by atoms with Crippen molar-refractivity contribution in [3.63, 3.8) is 0 Å². The van der Waals surface area contributed by atoms with Crippen molar-refractivity contribution in [2.75, 3.05) is 0 Å². The van der Waals surface area contributed by atoms with Crippen LogP contribution in [0.4, 0.5) is 4.39 Å². The molecule has 1 aromatic heterocycles. The van der Waals surface area contributed by atoms with E-state index in [0.717, 1.165) is 49.4 Å². The number of halogens is 1. The zero-order valence-corrected chi connectivity index (χ0v) is 21.7. The average molecular weight is 492 g/mol. The lowest BCUT2D eigenvalue weighted by molar-refractivity contribution is 0.241. The van der Waals surface area contributed by atoms with E-state index in [-0.39, 0.29) is 5.82 Å². The van der Waals surface area contributed by atoms with Crippen molar-refractivity contribution in [3.8, 4) is 11.4 Å². The van der Waals surface area contributed by atoms with Gasteiger partial charge in [-0.3, -0.25) is 4.90 Å². The number of unbranched alkanes of at least 4 members (excludes halogenated alkanes) is 1. The molecule has 3 nitrogen and oxygen atoms in total. The summed E-state index contributed by atoms with van der Waals surface area (Å²) in [5.41, 5.74) is 5.24. The molecule has 0 radical (unpaired) electrons. The number of fused-ring (bicyclic) bond motifs is 1. The third-order valence-corrected chi connectivity index (χ3v) is 7.01. The Balaban J connectivity index is 1.51. The molecule has 0 saturated heterocycles. The molecule has 0 unspecified atom stereocenters. The van der Waals surface area contributed by atoms with Crippen molar-refractivity contribution in [1.29, 1.82) is 0 Å². The van der Waals surface area contributed by atoms with E-state index in [1.807, 2.05) is 31.3 Å². The smallest absolute Gasteiger partial charge is 0.140 e. The Morgan fingerprint density at radius 2 is 1.62 bits per heavy atom. The molecule has 0 aliphatic carbocycles. The molecule has 4 heteroatoms. The van der Waals surface area contributed by atoms with Gasteiger partial charge >= 0.3 is 0 Å². The van der Waals surface area contributed by atoms with E-state index in [0.29, 0.717) is 12.1 Å². The Hall–Kier alpha value is -3.76. The van der Waals surface area contributed by atoms with E-state index in [4.69, 9.17) is 4.98 Å². The van der Waals surface area contributed by atoms with Crippen LogP contribution in [0.2, 0.25) is 0 Å². The van der Waals surface area contributed by atoms with E-state index in [2.05, 4.69) is 83.1 Å². The number of hydrogen-bond acceptors (Lipinski definition) is 2. The summed E-state index contributed by atoms with van der Waals surface area (Å²) in [5, 5.41) is 2.50. The Bertz CT molecular complexity index is 1470. The van der Waals surface area contributed by atoms with Crippen LogP contribution in [0.15, 0.2) is 97.2 Å². The number of aryl methyl sites for hydroxylation is 1. The summed E-state index contributed by atoms with van der Waals surface area (Å²) in [6.45, 7) is 7.10. The van der Waals surface area contributed by atoms with Crippen molar-refractivity contribution in [1.82, 2.24) is 14.5 Å². The Kier molecular flexibility index (Phi) is 7.76. The first-order chi connectivity index (χ1) is 18.1. The first kappa shape index (κ1) is 24.9. The third kappa shape index (κ3) is 5.81. The lowest BCUT2D eigenvalue weighted by atomic mass is 10.0. The maximum Gasteiger partial charge on any atom is 0.140 e. The first-order valence-electron chi connectivity index (χ1n) is 13.2. The largest absolute Gasteiger partial charge is 0.327 e. The van der Waals surface area contributed by atoms with Crippen LogP contribution < -0.4 is 0 Å². The summed E-state index contributed by atoms with van der Waals surface area (Å²) in [7, 11) is 0. The zero-order chi connectivity index (χ0) is 25.6. The molecule has 0 saturated carbocycles. The summed E-state index contributed by atoms with van der Waals surface area (Å²) in [6, 6.07) is 31.0. The monoisotopic (exact) mass is 491 g/mol. The first-order valence-corrected chi connectivity index (χ1v) is 13.2. The predicted octanol–water partition coefficient (Wildman–Crippen LogP) is 8.15. The third-order valence-electron chi connectivity index (χ3n) is 7.01. The van der Waals surface area contributed by atoms with E-state index in [1.54, 1.807) is 6.07 Å². The normalized spacial score (nSPS) is 11.5. The Labute approximate surface area is 219 Å². The van der Waals surface area contributed by atoms with E-state index in [1.165, 1.54) is 22.0 Å². The fourth-order valence-electron chi connectivity index (χ4n) is 4.98. The Morgan fingerprint density at radius 1 is 0.838 bits per heavy atom. The molecule has 0 aliphatic heterocycles. The summed E-state index contributed by atoms with van der Waals surface area (Å²) >= 11 is 0. The topological polar surface area (TPSA) is 21.1 Å². The van der Waals surface area contributed by atoms with Gasteiger partial charge in [0.25, 0.3) is 0 Å². The molecule has 1 heterocycles. The quantitative estimate of drug-likeness (QED) is 0.196. The minimum atomic E-state index is -0.151. The SMILES string of the molecule is CCCCn1c(CN(Cc2ccc(C)c(F)c2)Cc2cccc3ccccc23)cnc1-c1ccccc1. The lowest BCUT2D eigenvalue weighted by Gasteiger charge is -2.24. The van der Waals surface area contributed by atoms with Gasteiger partial charge in [-0.25, -0.2) is 9.37 Å². The van der Waals surface area contributed by atoms with Gasteiger partial charge in [0.2, 0.25) is 0 Å². The van der Waals surface area contributed by atoms with Crippen LogP contribution in [-0.2, 0) is 26.2 Å². The van der Waals surface area contributed by atoms with Crippen molar-refractivity contribution < 1.29 is 4.39 Å². The highest BCUT2D eigenvalue weighted by Crippen LogP contribution is 2.25. The summed E-state index contributed by atoms with van der Waals surface area (Å²) in [6.07, 6.45) is 4.23. The highest BCUT2D eigenvalue weighted by atomic mass is 19.1. The van der Waals surface area contributed by atoms with E-state index < -0.39 is 0 Å². The second-order valence-electron chi connectivity index (χ2n) is 9.81. The molecule has 0 bridgehead atoms. The second kappa shape index (κ2) is 11.5. The Morgan fingerprint density at radius 3 is 2.43 bits per heavy atom. The number of benzene rings is 4. The van der Waals surface area contributed by atoms with Crippen LogP contribution in [0, 0.1) is 12.7 Å². The standard InChI is InChI=1S/C33H34FN3/c1-3-4-19-37-30(21-35-33(37)28-12-6-5-7-13-28)24-36(22-26-18-17-25(2)32(34)20-26)23-29-15-10-14-27-11-8-9-16-31(27)29/h5-18,20-21H,3-4,19,22-24H2,1-2H3. The fourth-order valence-corrected chi connectivity index (χ4v) is 4.98. The molecule has 37 heavy (non-hydrogen) atoms. The van der Waals surface area contributed by atoms with Crippen LogP contribution in [-0.4, -0.2) is 14.5 Å². The van der Waals surface area contributed by atoms with Gasteiger partial charge in [-0.15, -0.1) is 0 Å². The molecule has 0 aliphatic rings. The maximum absolute atomic E-state index is 14.5. The predicted molar refractivity (Wildman–Crippen MR) is 151 cm³/mol. The highest BCUT2D eigenvalue weighted by Gasteiger charge is 2.17. The van der Waals surface area contributed by atoms with Crippen molar-refractivity contribution in [3.05, 3.63) is 125 Å². The molecule has 188 valence electrons. The second-order valence-corrected chi connectivity index (χ2v) is 9.81. The summed E-state index contributed by atoms with van der Waals surface area (Å²) in [5.74, 6) is 0.859. The molecule has 4 aromatic carbocycles. The zero-order valence-electron chi connectivity index (χ0n) is 21.7. The van der Waals surface area contributed by atoms with E-state index >= 15 is 0 Å². The number of aromatic nitrogens is 2. The molecule has 5 aromatic rings. The summed E-state index contributed by atoms with van der Waals surface area (Å²) in [4.78, 5) is 7.26. The molecule has 5 rings (SSSR count). The number of hydrogen-bond donors (Lipinski definition) is 0. The van der Waals surface area contributed by atoms with Gasteiger partial charge in [0.1, 0.15) is 11.6 Å². The van der Waals surface area contributed by atoms with Gasteiger partial charge in [-0.1, -0.05) is 98.3 Å². The van der Waals surface area contributed by atoms with Crippen LogP contribution in [0.1, 0.15) is 42.1 Å². The van der Waals surface area contributed by atoms with Gasteiger partial charge < -0.3 is 4.57 Å². The van der Waals surface area contributed by atoms with Crippen molar-refractivity contribution in [2.45, 2.75) is 52.9 Å². The average Bonchev–Trinajstić information content (AvgIpc) is 3.32. The fraction of sp³-hybridized carbons (Fsp3) is 0.242. The molecule has 0 N–H and O–H groups in total. The molecular weight excluding hydrogens is 457 g/mol.